The van der Waals surface area contributed by atoms with Crippen LogP contribution in [0.15, 0.2) is 12.2 Å². The Morgan fingerprint density at radius 1 is 1.15 bits per heavy atom. The second-order valence-electron chi connectivity index (χ2n) is 11.6. The van der Waals surface area contributed by atoms with Crippen LogP contribution in [0.3, 0.4) is 0 Å². The van der Waals surface area contributed by atoms with E-state index in [2.05, 4.69) is 84.0 Å². The molecule has 1 aliphatic rings. The van der Waals surface area contributed by atoms with E-state index >= 15 is 0 Å². The van der Waals surface area contributed by atoms with Gasteiger partial charge in [-0.3, -0.25) is 9.59 Å². The Hall–Kier alpha value is -1.21. The molecule has 1 heterocycles. The smallest absolute Gasteiger partial charge is 0.302 e. The SMILES string of the molecule is CC/C=C/C[C@H](O[Si](C)(C)C(C)(C)C)[C@H]1C[C@@H](OC(C)=O)[C@@H](CCC(=O)C#C[Si](C)(C)C)O1. The van der Waals surface area contributed by atoms with Crippen LogP contribution in [-0.2, 0) is 23.5 Å². The summed E-state index contributed by atoms with van der Waals surface area (Å²) in [6.45, 7) is 21.1. The van der Waals surface area contributed by atoms with Crippen LogP contribution < -0.4 is 0 Å². The summed E-state index contributed by atoms with van der Waals surface area (Å²) < 4.78 is 18.8. The lowest BCUT2D eigenvalue weighted by molar-refractivity contribution is -0.149. The van der Waals surface area contributed by atoms with Crippen molar-refractivity contribution in [2.45, 2.75) is 129 Å². The van der Waals surface area contributed by atoms with Crippen LogP contribution in [0.4, 0.5) is 0 Å². The van der Waals surface area contributed by atoms with E-state index in [9.17, 15) is 9.59 Å². The van der Waals surface area contributed by atoms with Crippen molar-refractivity contribution in [3.63, 3.8) is 0 Å². The van der Waals surface area contributed by atoms with Gasteiger partial charge < -0.3 is 13.9 Å². The molecule has 0 bridgehead atoms. The summed E-state index contributed by atoms with van der Waals surface area (Å²) in [5, 5.41) is 0.0778. The van der Waals surface area contributed by atoms with Gasteiger partial charge in [0.2, 0.25) is 5.78 Å². The molecule has 0 unspecified atom stereocenters. The predicted molar refractivity (Wildman–Crippen MR) is 140 cm³/mol. The number of allylic oxidation sites excluding steroid dienone is 1. The topological polar surface area (TPSA) is 61.8 Å². The molecule has 1 fully saturated rings. The number of rotatable bonds is 10. The summed E-state index contributed by atoms with van der Waals surface area (Å²) in [6.07, 6.45) is 6.42. The van der Waals surface area contributed by atoms with E-state index in [1.165, 1.54) is 6.92 Å². The van der Waals surface area contributed by atoms with Crippen LogP contribution in [0.1, 0.15) is 66.7 Å². The van der Waals surface area contributed by atoms with E-state index in [-0.39, 0.29) is 41.2 Å². The molecule has 1 rings (SSSR count). The fourth-order valence-corrected chi connectivity index (χ4v) is 5.27. The zero-order chi connectivity index (χ0) is 25.4. The Labute approximate surface area is 204 Å². The highest BCUT2D eigenvalue weighted by Gasteiger charge is 2.45. The van der Waals surface area contributed by atoms with Crippen LogP contribution in [0.2, 0.25) is 37.8 Å². The highest BCUT2D eigenvalue weighted by atomic mass is 28.4. The summed E-state index contributed by atoms with van der Waals surface area (Å²) in [5.41, 5.74) is 3.13. The van der Waals surface area contributed by atoms with Crippen LogP contribution in [0.5, 0.6) is 0 Å². The van der Waals surface area contributed by atoms with Gasteiger partial charge in [0.25, 0.3) is 0 Å². The third-order valence-electron chi connectivity index (χ3n) is 6.22. The number of carbonyl (C=O) groups is 2. The summed E-state index contributed by atoms with van der Waals surface area (Å²) in [7, 11) is -3.62. The second kappa shape index (κ2) is 12.5. The Morgan fingerprint density at radius 2 is 1.79 bits per heavy atom. The van der Waals surface area contributed by atoms with Crippen LogP contribution in [0.25, 0.3) is 0 Å². The van der Waals surface area contributed by atoms with Gasteiger partial charge in [-0.15, -0.1) is 5.54 Å². The molecule has 0 aromatic carbocycles. The molecule has 1 saturated heterocycles. The number of hydrogen-bond acceptors (Lipinski definition) is 5. The summed E-state index contributed by atoms with van der Waals surface area (Å²) in [4.78, 5) is 24.1. The standard InChI is InChI=1S/C26H46O5Si2/c1-11-12-13-14-23(31-33(9,10)26(3,4)5)25-19-24(29-20(2)27)22(30-25)16-15-21(28)17-18-32(6,7)8/h12-13,22-25H,11,14-16,19H2,1-10H3/b13-12+/t22-,23+,24-,25-/m1/s1. The molecule has 1 aliphatic heterocycles. The van der Waals surface area contributed by atoms with Crippen molar-refractivity contribution in [2.75, 3.05) is 0 Å². The zero-order valence-corrected chi connectivity index (χ0v) is 24.5. The van der Waals surface area contributed by atoms with Gasteiger partial charge in [0.15, 0.2) is 8.32 Å². The Kier molecular flexibility index (Phi) is 11.3. The maximum absolute atomic E-state index is 12.3. The van der Waals surface area contributed by atoms with Gasteiger partial charge in [-0.25, -0.2) is 0 Å². The normalized spacial score (nSPS) is 22.7. The molecular weight excluding hydrogens is 448 g/mol. The molecule has 0 radical (unpaired) electrons. The molecule has 5 nitrogen and oxygen atoms in total. The molecule has 0 aromatic heterocycles. The van der Waals surface area contributed by atoms with Crippen molar-refractivity contribution in [1.82, 2.24) is 0 Å². The van der Waals surface area contributed by atoms with E-state index in [0.717, 1.165) is 12.8 Å². The highest BCUT2D eigenvalue weighted by molar-refractivity contribution is 6.84. The highest BCUT2D eigenvalue weighted by Crippen LogP contribution is 2.40. The van der Waals surface area contributed by atoms with Crippen molar-refractivity contribution < 1.29 is 23.5 Å². The van der Waals surface area contributed by atoms with Gasteiger partial charge in [-0.1, -0.05) is 59.5 Å². The Balaban J connectivity index is 3.00. The number of ether oxygens (including phenoxy) is 2. The lowest BCUT2D eigenvalue weighted by Crippen LogP contribution is -2.47. The van der Waals surface area contributed by atoms with Gasteiger partial charge in [0.05, 0.1) is 18.3 Å². The third-order valence-corrected chi connectivity index (χ3v) is 11.6. The maximum Gasteiger partial charge on any atom is 0.302 e. The van der Waals surface area contributed by atoms with Gasteiger partial charge in [-0.05, 0) is 43.3 Å². The van der Waals surface area contributed by atoms with Crippen LogP contribution in [0, 0.1) is 11.5 Å². The van der Waals surface area contributed by atoms with Gasteiger partial charge in [0, 0.05) is 19.8 Å². The van der Waals surface area contributed by atoms with Crippen LogP contribution >= 0.6 is 0 Å². The predicted octanol–water partition coefficient (Wildman–Crippen LogP) is 6.05. The summed E-state index contributed by atoms with van der Waals surface area (Å²) >= 11 is 0. The third kappa shape index (κ3) is 10.7. The Morgan fingerprint density at radius 3 is 2.30 bits per heavy atom. The maximum atomic E-state index is 12.3. The number of hydrogen-bond donors (Lipinski definition) is 0. The quantitative estimate of drug-likeness (QED) is 0.160. The minimum Gasteiger partial charge on any atom is -0.460 e. The molecule has 0 aliphatic carbocycles. The number of ketones is 1. The van der Waals surface area contributed by atoms with Crippen molar-refractivity contribution in [2.24, 2.45) is 0 Å². The van der Waals surface area contributed by atoms with Crippen molar-refractivity contribution in [3.05, 3.63) is 12.2 Å². The molecule has 4 atom stereocenters. The minimum absolute atomic E-state index is 0.0778. The first-order valence-corrected chi connectivity index (χ1v) is 18.7. The van der Waals surface area contributed by atoms with E-state index in [1.807, 2.05) is 0 Å². The Bertz CT molecular complexity index is 749. The van der Waals surface area contributed by atoms with Crippen LogP contribution in [-0.4, -0.2) is 52.6 Å². The fraction of sp³-hybridized carbons (Fsp3) is 0.769. The van der Waals surface area contributed by atoms with Crippen molar-refractivity contribution >= 4 is 28.1 Å². The molecule has 0 N–H and O–H groups in total. The fourth-order valence-electron chi connectivity index (χ4n) is 3.40. The van der Waals surface area contributed by atoms with E-state index in [0.29, 0.717) is 19.3 Å². The average molecular weight is 495 g/mol. The van der Waals surface area contributed by atoms with Gasteiger partial charge in [-0.2, -0.15) is 0 Å². The van der Waals surface area contributed by atoms with Crippen molar-refractivity contribution in [3.8, 4) is 11.5 Å². The lowest BCUT2D eigenvalue weighted by Gasteiger charge is -2.40. The molecule has 33 heavy (non-hydrogen) atoms. The average Bonchev–Trinajstić information content (AvgIpc) is 3.04. The van der Waals surface area contributed by atoms with E-state index in [1.54, 1.807) is 0 Å². The zero-order valence-electron chi connectivity index (χ0n) is 22.5. The number of esters is 1. The lowest BCUT2D eigenvalue weighted by atomic mass is 10.0. The summed E-state index contributed by atoms with van der Waals surface area (Å²) in [6, 6.07) is 0. The number of carbonyl (C=O) groups excluding carboxylic acids is 2. The first kappa shape index (κ1) is 29.8. The molecule has 7 heteroatoms. The van der Waals surface area contributed by atoms with Gasteiger partial charge in [0.1, 0.15) is 14.2 Å². The molecule has 0 aromatic rings. The minimum atomic E-state index is -2.03. The van der Waals surface area contributed by atoms with Gasteiger partial charge >= 0.3 is 5.97 Å². The van der Waals surface area contributed by atoms with E-state index < -0.39 is 16.4 Å². The molecule has 188 valence electrons. The molecule has 0 amide bonds. The summed E-state index contributed by atoms with van der Waals surface area (Å²) in [5.74, 6) is 2.39. The first-order valence-electron chi connectivity index (χ1n) is 12.3. The van der Waals surface area contributed by atoms with E-state index in [4.69, 9.17) is 13.9 Å². The largest absolute Gasteiger partial charge is 0.460 e. The second-order valence-corrected chi connectivity index (χ2v) is 21.1. The molecule has 0 saturated carbocycles. The molecular formula is C26H46O5Si2. The first-order chi connectivity index (χ1) is 15.1. The monoisotopic (exact) mass is 494 g/mol. The van der Waals surface area contributed by atoms with Crippen molar-refractivity contribution in [1.29, 1.82) is 0 Å². The number of Topliss-reactive ketones (excluding diaryl/α,β-unsaturated/α-hetero) is 1. The molecule has 0 spiro atoms.